The van der Waals surface area contributed by atoms with Crippen LogP contribution in [-0.4, -0.2) is 44.8 Å². The van der Waals surface area contributed by atoms with Gasteiger partial charge in [0.05, 0.1) is 10.6 Å². The van der Waals surface area contributed by atoms with Crippen LogP contribution in [0.15, 0.2) is 119 Å². The summed E-state index contributed by atoms with van der Waals surface area (Å²) in [5, 5.41) is 3.21. The topological polar surface area (TPSA) is 86.8 Å². The van der Waals surface area contributed by atoms with Crippen molar-refractivity contribution in [3.63, 3.8) is 0 Å². The number of nitrogens with zero attached hydrogens (tertiary/aromatic N) is 2. The summed E-state index contributed by atoms with van der Waals surface area (Å²) in [7, 11) is -2.63. The molecule has 0 radical (unpaired) electrons. The molecule has 0 aromatic heterocycles. The van der Waals surface area contributed by atoms with Crippen LogP contribution in [0.1, 0.15) is 11.1 Å². The minimum Gasteiger partial charge on any atom is -0.357 e. The van der Waals surface area contributed by atoms with E-state index in [9.17, 15) is 18.0 Å². The van der Waals surface area contributed by atoms with Crippen LogP contribution in [0.4, 0.5) is 5.69 Å². The van der Waals surface area contributed by atoms with Crippen molar-refractivity contribution in [2.24, 2.45) is 0 Å². The molecule has 0 aliphatic rings. The predicted octanol–water partition coefficient (Wildman–Crippen LogP) is 5.68. The second-order valence-corrected chi connectivity index (χ2v) is 12.5. The summed E-state index contributed by atoms with van der Waals surface area (Å²) in [6.07, 6.45) is 0.238. The fourth-order valence-corrected chi connectivity index (χ4v) is 6.33. The van der Waals surface area contributed by atoms with E-state index in [4.69, 9.17) is 11.6 Å². The standard InChI is InChI=1S/C31H29BrClN3O4S/c1-34-31(38)29(19-23-9-4-2-5-10-23)35(21-24-15-17-26(33)18-16-24)30(37)22-36(27-12-8-11-25(32)20-27)41(39,40)28-13-6-3-7-14-28/h2-18,20,29H,19,21-22H2,1H3,(H,34,38)/t29-/m1/s1. The van der Waals surface area contributed by atoms with Crippen LogP contribution >= 0.6 is 27.5 Å². The van der Waals surface area contributed by atoms with Gasteiger partial charge in [-0.15, -0.1) is 0 Å². The lowest BCUT2D eigenvalue weighted by atomic mass is 10.0. The fourth-order valence-electron chi connectivity index (χ4n) is 4.39. The van der Waals surface area contributed by atoms with Gasteiger partial charge in [0.1, 0.15) is 12.6 Å². The number of likely N-dealkylation sites (N-methyl/N-ethyl adjacent to an activating group) is 1. The van der Waals surface area contributed by atoms with E-state index >= 15 is 0 Å². The summed E-state index contributed by atoms with van der Waals surface area (Å²) in [5.74, 6) is -0.903. The second-order valence-electron chi connectivity index (χ2n) is 9.27. The van der Waals surface area contributed by atoms with Gasteiger partial charge in [0.15, 0.2) is 0 Å². The Morgan fingerprint density at radius 3 is 2.10 bits per heavy atom. The van der Waals surface area contributed by atoms with E-state index in [-0.39, 0.29) is 23.8 Å². The number of amides is 2. The number of anilines is 1. The maximum Gasteiger partial charge on any atom is 0.264 e. The number of hydrogen-bond donors (Lipinski definition) is 1. The Kier molecular flexibility index (Phi) is 10.2. The third-order valence-electron chi connectivity index (χ3n) is 6.49. The summed E-state index contributed by atoms with van der Waals surface area (Å²) >= 11 is 9.50. The number of rotatable bonds is 11. The Bertz CT molecular complexity index is 1590. The number of halogens is 2. The predicted molar refractivity (Wildman–Crippen MR) is 165 cm³/mol. The lowest BCUT2D eigenvalue weighted by molar-refractivity contribution is -0.139. The van der Waals surface area contributed by atoms with E-state index in [1.54, 1.807) is 66.7 Å². The number of sulfonamides is 1. The molecule has 0 fully saturated rings. The molecule has 2 amide bonds. The van der Waals surface area contributed by atoms with Gasteiger partial charge in [-0.05, 0) is 53.6 Å². The highest BCUT2D eigenvalue weighted by molar-refractivity contribution is 9.10. The van der Waals surface area contributed by atoms with E-state index < -0.39 is 28.5 Å². The highest BCUT2D eigenvalue weighted by Crippen LogP contribution is 2.27. The molecule has 4 rings (SSSR count). The molecule has 0 bridgehead atoms. The number of benzene rings is 4. The molecule has 10 heteroatoms. The first-order valence-electron chi connectivity index (χ1n) is 12.8. The highest BCUT2D eigenvalue weighted by Gasteiger charge is 2.34. The van der Waals surface area contributed by atoms with Crippen molar-refractivity contribution in [1.82, 2.24) is 10.2 Å². The largest absolute Gasteiger partial charge is 0.357 e. The lowest BCUT2D eigenvalue weighted by Gasteiger charge is -2.33. The van der Waals surface area contributed by atoms with Crippen molar-refractivity contribution in [2.45, 2.75) is 23.9 Å². The second kappa shape index (κ2) is 13.8. The van der Waals surface area contributed by atoms with Crippen molar-refractivity contribution in [1.29, 1.82) is 0 Å². The van der Waals surface area contributed by atoms with Gasteiger partial charge in [0.25, 0.3) is 10.0 Å². The smallest absolute Gasteiger partial charge is 0.264 e. The molecule has 0 heterocycles. The minimum atomic E-state index is -4.14. The van der Waals surface area contributed by atoms with E-state index in [1.165, 1.54) is 24.1 Å². The van der Waals surface area contributed by atoms with Crippen molar-refractivity contribution >= 4 is 55.1 Å². The van der Waals surface area contributed by atoms with Gasteiger partial charge in [-0.25, -0.2) is 8.42 Å². The van der Waals surface area contributed by atoms with E-state index in [1.807, 2.05) is 30.3 Å². The zero-order chi connectivity index (χ0) is 29.4. The molecule has 41 heavy (non-hydrogen) atoms. The third-order valence-corrected chi connectivity index (χ3v) is 9.02. The van der Waals surface area contributed by atoms with Crippen LogP contribution in [0, 0.1) is 0 Å². The summed E-state index contributed by atoms with van der Waals surface area (Å²) in [6, 6.07) is 30.1. The van der Waals surface area contributed by atoms with Crippen LogP contribution < -0.4 is 9.62 Å². The average molecular weight is 655 g/mol. The summed E-state index contributed by atoms with van der Waals surface area (Å²) in [5.41, 5.74) is 1.91. The van der Waals surface area contributed by atoms with Gasteiger partial charge in [-0.2, -0.15) is 0 Å². The van der Waals surface area contributed by atoms with Crippen LogP contribution in [0.2, 0.25) is 5.02 Å². The van der Waals surface area contributed by atoms with E-state index in [0.29, 0.717) is 15.2 Å². The Morgan fingerprint density at radius 2 is 1.49 bits per heavy atom. The first kappa shape index (κ1) is 30.3. The van der Waals surface area contributed by atoms with Crippen molar-refractivity contribution in [3.05, 3.63) is 130 Å². The molecule has 4 aromatic rings. The van der Waals surface area contributed by atoms with Gasteiger partial charge >= 0.3 is 0 Å². The van der Waals surface area contributed by atoms with Crippen LogP contribution in [0.5, 0.6) is 0 Å². The number of nitrogens with one attached hydrogen (secondary N) is 1. The van der Waals surface area contributed by atoms with Crippen LogP contribution in [0.3, 0.4) is 0 Å². The first-order valence-corrected chi connectivity index (χ1v) is 15.4. The molecule has 0 aliphatic carbocycles. The minimum absolute atomic E-state index is 0.0455. The normalized spacial score (nSPS) is 11.9. The van der Waals surface area contributed by atoms with Gasteiger partial charge in [-0.1, -0.05) is 94.3 Å². The molecule has 7 nitrogen and oxygen atoms in total. The molecule has 212 valence electrons. The Morgan fingerprint density at radius 1 is 0.854 bits per heavy atom. The van der Waals surface area contributed by atoms with E-state index in [2.05, 4.69) is 21.2 Å². The Hall–Kier alpha value is -3.66. The van der Waals surface area contributed by atoms with Crippen molar-refractivity contribution in [3.8, 4) is 0 Å². The first-order chi connectivity index (χ1) is 19.7. The maximum atomic E-state index is 14.2. The van der Waals surface area contributed by atoms with Gasteiger partial charge in [-0.3, -0.25) is 13.9 Å². The third kappa shape index (κ3) is 7.75. The summed E-state index contributed by atoms with van der Waals surface area (Å²) < 4.78 is 29.5. The van der Waals surface area contributed by atoms with Gasteiger partial charge in [0, 0.05) is 29.5 Å². The molecule has 4 aromatic carbocycles. The molecule has 0 saturated carbocycles. The average Bonchev–Trinajstić information content (AvgIpc) is 2.99. The highest BCUT2D eigenvalue weighted by atomic mass is 79.9. The van der Waals surface area contributed by atoms with Gasteiger partial charge < -0.3 is 10.2 Å². The zero-order valence-corrected chi connectivity index (χ0v) is 25.4. The van der Waals surface area contributed by atoms with Crippen molar-refractivity contribution in [2.75, 3.05) is 17.9 Å². The summed E-state index contributed by atoms with van der Waals surface area (Å²) in [6.45, 7) is -0.456. The van der Waals surface area contributed by atoms with Gasteiger partial charge in [0.2, 0.25) is 11.8 Å². The molecule has 0 spiro atoms. The molecular formula is C31H29BrClN3O4S. The molecule has 0 unspecified atom stereocenters. The lowest BCUT2D eigenvalue weighted by Crippen LogP contribution is -2.53. The number of carbonyl (C=O) groups excluding carboxylic acids is 2. The monoisotopic (exact) mass is 653 g/mol. The van der Waals surface area contributed by atoms with Crippen LogP contribution in [-0.2, 0) is 32.6 Å². The summed E-state index contributed by atoms with van der Waals surface area (Å²) in [4.78, 5) is 29.0. The molecule has 0 aliphatic heterocycles. The molecule has 1 atom stereocenters. The van der Waals surface area contributed by atoms with Crippen LogP contribution in [0.25, 0.3) is 0 Å². The van der Waals surface area contributed by atoms with E-state index in [0.717, 1.165) is 15.4 Å². The molecular weight excluding hydrogens is 626 g/mol. The number of carbonyl (C=O) groups is 2. The fraction of sp³-hybridized carbons (Fsp3) is 0.161. The SMILES string of the molecule is CNC(=O)[C@@H](Cc1ccccc1)N(Cc1ccc(Cl)cc1)C(=O)CN(c1cccc(Br)c1)S(=O)(=O)c1ccccc1. The maximum absolute atomic E-state index is 14.2. The molecule has 1 N–H and O–H groups in total. The number of hydrogen-bond acceptors (Lipinski definition) is 4. The molecule has 0 saturated heterocycles. The quantitative estimate of drug-likeness (QED) is 0.225. The Labute approximate surface area is 253 Å². The Balaban J connectivity index is 1.78. The zero-order valence-electron chi connectivity index (χ0n) is 22.3. The van der Waals surface area contributed by atoms with Crippen molar-refractivity contribution < 1.29 is 18.0 Å².